The number of anilines is 1. The quantitative estimate of drug-likeness (QED) is 0.737. The molecule has 1 aromatic rings. The molecule has 5 aliphatic carbocycles. The fraction of sp³-hybridized carbons (Fsp3) is 0.739. The third-order valence-corrected chi connectivity index (χ3v) is 9.23. The molecule has 1 aromatic heterocycles. The molecule has 0 aliphatic heterocycles. The van der Waals surface area contributed by atoms with Crippen molar-refractivity contribution in [3.8, 4) is 0 Å². The number of carbonyl (C=O) groups is 2. The second-order valence-electron chi connectivity index (χ2n) is 10.1. The molecule has 5 heteroatoms. The Balaban J connectivity index is 1.41. The van der Waals surface area contributed by atoms with E-state index in [1.807, 2.05) is 0 Å². The average molecular weight is 401 g/mol. The van der Waals surface area contributed by atoms with E-state index in [2.05, 4.69) is 12.2 Å². The second-order valence-corrected chi connectivity index (χ2v) is 11.2. The summed E-state index contributed by atoms with van der Waals surface area (Å²) in [6.07, 6.45) is 12.6. The number of hydrogen-bond donors (Lipinski definition) is 2. The molecule has 0 radical (unpaired) electrons. The van der Waals surface area contributed by atoms with Crippen molar-refractivity contribution in [1.82, 2.24) is 0 Å². The molecule has 6 rings (SSSR count). The van der Waals surface area contributed by atoms with Crippen molar-refractivity contribution < 1.29 is 9.59 Å². The molecule has 3 N–H and O–H groups in total. The van der Waals surface area contributed by atoms with Crippen LogP contribution >= 0.6 is 11.3 Å². The second kappa shape index (κ2) is 6.86. The summed E-state index contributed by atoms with van der Waals surface area (Å²) in [6.45, 7) is 2.23. The minimum Gasteiger partial charge on any atom is -0.365 e. The highest BCUT2D eigenvalue weighted by Gasteiger charge is 2.54. The molecule has 0 unspecified atom stereocenters. The molecule has 1 atom stereocenters. The van der Waals surface area contributed by atoms with Crippen LogP contribution in [0.15, 0.2) is 0 Å². The first kappa shape index (κ1) is 18.7. The third-order valence-electron chi connectivity index (χ3n) is 8.06. The topological polar surface area (TPSA) is 72.2 Å². The van der Waals surface area contributed by atoms with Gasteiger partial charge < -0.3 is 11.1 Å². The molecular weight excluding hydrogens is 368 g/mol. The number of nitrogens with two attached hydrogens (primary N) is 1. The molecule has 4 fully saturated rings. The summed E-state index contributed by atoms with van der Waals surface area (Å²) in [7, 11) is 0. The first-order valence-electron chi connectivity index (χ1n) is 11.2. The van der Waals surface area contributed by atoms with Gasteiger partial charge in [-0.15, -0.1) is 11.3 Å². The van der Waals surface area contributed by atoms with Crippen molar-refractivity contribution in [2.24, 2.45) is 34.8 Å². The van der Waals surface area contributed by atoms with E-state index in [-0.39, 0.29) is 17.2 Å². The van der Waals surface area contributed by atoms with Crippen molar-refractivity contribution in [3.05, 3.63) is 16.0 Å². The molecule has 28 heavy (non-hydrogen) atoms. The van der Waals surface area contributed by atoms with Crippen LogP contribution in [0, 0.1) is 29.1 Å². The number of carbonyl (C=O) groups excluding carboxylic acids is 2. The maximum Gasteiger partial charge on any atom is 0.251 e. The Labute approximate surface area is 171 Å². The van der Waals surface area contributed by atoms with Gasteiger partial charge in [0.2, 0.25) is 5.91 Å². The number of fused-ring (bicyclic) bond motifs is 1. The van der Waals surface area contributed by atoms with Crippen molar-refractivity contribution in [1.29, 1.82) is 0 Å². The molecule has 4 saturated carbocycles. The van der Waals surface area contributed by atoms with E-state index in [1.165, 1.54) is 37.0 Å². The van der Waals surface area contributed by atoms with Gasteiger partial charge in [-0.25, -0.2) is 0 Å². The van der Waals surface area contributed by atoms with E-state index < -0.39 is 0 Å². The molecule has 0 saturated heterocycles. The molecule has 152 valence electrons. The lowest BCUT2D eigenvalue weighted by molar-refractivity contribution is -0.140. The summed E-state index contributed by atoms with van der Waals surface area (Å²) in [6, 6.07) is 0. The van der Waals surface area contributed by atoms with E-state index in [4.69, 9.17) is 5.73 Å². The maximum atomic E-state index is 13.5. The van der Waals surface area contributed by atoms with Crippen molar-refractivity contribution in [2.75, 3.05) is 5.32 Å². The summed E-state index contributed by atoms with van der Waals surface area (Å²) >= 11 is 1.62. The highest BCUT2D eigenvalue weighted by molar-refractivity contribution is 7.17. The highest BCUT2D eigenvalue weighted by atomic mass is 32.1. The summed E-state index contributed by atoms with van der Waals surface area (Å²) in [5, 5.41) is 3.96. The van der Waals surface area contributed by atoms with Crippen LogP contribution in [-0.4, -0.2) is 11.8 Å². The Morgan fingerprint density at radius 2 is 1.79 bits per heavy atom. The lowest BCUT2D eigenvalue weighted by Crippen LogP contribution is -2.51. The number of thiophene rings is 1. The number of primary amides is 1. The van der Waals surface area contributed by atoms with E-state index in [9.17, 15) is 9.59 Å². The van der Waals surface area contributed by atoms with Gasteiger partial charge in [-0.05, 0) is 87.0 Å². The average Bonchev–Trinajstić information content (AvgIpc) is 2.98. The summed E-state index contributed by atoms with van der Waals surface area (Å²) in [5.41, 5.74) is 7.30. The van der Waals surface area contributed by atoms with Gasteiger partial charge in [0.25, 0.3) is 5.91 Å². The van der Waals surface area contributed by atoms with Gasteiger partial charge in [0, 0.05) is 4.88 Å². The van der Waals surface area contributed by atoms with E-state index in [1.54, 1.807) is 11.3 Å². The van der Waals surface area contributed by atoms with Gasteiger partial charge in [-0.1, -0.05) is 19.8 Å². The van der Waals surface area contributed by atoms with Crippen LogP contribution in [0.2, 0.25) is 0 Å². The molecule has 5 aliphatic rings. The number of hydrogen-bond acceptors (Lipinski definition) is 3. The fourth-order valence-corrected chi connectivity index (χ4v) is 8.64. The van der Waals surface area contributed by atoms with Crippen LogP contribution in [-0.2, 0) is 17.6 Å². The van der Waals surface area contributed by atoms with E-state index in [0.29, 0.717) is 11.5 Å². The standard InChI is InChI=1S/C23H32N2O2S/c1-2-3-13-4-5-17-18(9-13)28-21(19(17)20(24)26)25-22(27)23-10-14-6-15(11-23)8-16(7-14)12-23/h13-16H,2-12H2,1H3,(H2,24,26)(H,25,27)/t13-,14?,15?,16?,23?/m1/s1. The summed E-state index contributed by atoms with van der Waals surface area (Å²) in [4.78, 5) is 27.0. The highest BCUT2D eigenvalue weighted by Crippen LogP contribution is 2.60. The van der Waals surface area contributed by atoms with Crippen molar-refractivity contribution in [2.45, 2.75) is 77.6 Å². The Hall–Kier alpha value is -1.36. The lowest BCUT2D eigenvalue weighted by Gasteiger charge is -2.55. The molecule has 4 bridgehead atoms. The zero-order valence-corrected chi connectivity index (χ0v) is 17.7. The fourth-order valence-electron chi connectivity index (χ4n) is 7.28. The van der Waals surface area contributed by atoms with E-state index >= 15 is 0 Å². The van der Waals surface area contributed by atoms with Crippen LogP contribution in [0.3, 0.4) is 0 Å². The van der Waals surface area contributed by atoms with Crippen LogP contribution in [0.25, 0.3) is 0 Å². The Morgan fingerprint density at radius 1 is 1.14 bits per heavy atom. The maximum absolute atomic E-state index is 13.5. The smallest absolute Gasteiger partial charge is 0.251 e. The minimum absolute atomic E-state index is 0.165. The van der Waals surface area contributed by atoms with Gasteiger partial charge >= 0.3 is 0 Å². The number of amides is 2. The van der Waals surface area contributed by atoms with Gasteiger partial charge in [0.05, 0.1) is 11.0 Å². The zero-order valence-electron chi connectivity index (χ0n) is 16.9. The van der Waals surface area contributed by atoms with Crippen molar-refractivity contribution in [3.63, 3.8) is 0 Å². The lowest BCUT2D eigenvalue weighted by atomic mass is 9.49. The molecule has 2 amide bonds. The van der Waals surface area contributed by atoms with Crippen LogP contribution in [0.1, 0.15) is 85.5 Å². The Morgan fingerprint density at radius 3 is 2.36 bits per heavy atom. The molecule has 1 heterocycles. The minimum atomic E-state index is -0.382. The van der Waals surface area contributed by atoms with Crippen LogP contribution in [0.4, 0.5) is 5.00 Å². The van der Waals surface area contributed by atoms with Gasteiger partial charge in [-0.3, -0.25) is 9.59 Å². The Kier molecular flexibility index (Phi) is 4.57. The first-order chi connectivity index (χ1) is 13.5. The number of nitrogens with one attached hydrogen (secondary N) is 1. The normalized spacial score (nSPS) is 35.6. The summed E-state index contributed by atoms with van der Waals surface area (Å²) < 4.78 is 0. The monoisotopic (exact) mass is 400 g/mol. The zero-order chi connectivity index (χ0) is 19.5. The number of rotatable bonds is 5. The largest absolute Gasteiger partial charge is 0.365 e. The third kappa shape index (κ3) is 3.01. The van der Waals surface area contributed by atoms with Gasteiger partial charge in [0.15, 0.2) is 0 Å². The molecular formula is C23H32N2O2S. The molecule has 0 aromatic carbocycles. The van der Waals surface area contributed by atoms with Crippen LogP contribution < -0.4 is 11.1 Å². The predicted molar refractivity (Wildman–Crippen MR) is 112 cm³/mol. The predicted octanol–water partition coefficient (Wildman–Crippen LogP) is 4.91. The van der Waals surface area contributed by atoms with E-state index in [0.717, 1.165) is 66.8 Å². The summed E-state index contributed by atoms with van der Waals surface area (Å²) in [5.74, 6) is 2.69. The Bertz CT molecular complexity index is 776. The van der Waals surface area contributed by atoms with Crippen LogP contribution in [0.5, 0.6) is 0 Å². The SMILES string of the molecule is CCC[C@@H]1CCc2c(sc(NC(=O)C34CC5CC(CC(C5)C3)C4)c2C(N)=O)C1. The van der Waals surface area contributed by atoms with Gasteiger partial charge in [0.1, 0.15) is 5.00 Å². The molecule has 4 nitrogen and oxygen atoms in total. The van der Waals surface area contributed by atoms with Gasteiger partial charge in [-0.2, -0.15) is 0 Å². The van der Waals surface area contributed by atoms with Crippen molar-refractivity contribution >= 4 is 28.2 Å². The molecule has 0 spiro atoms. The first-order valence-corrected chi connectivity index (χ1v) is 12.0.